The first-order chi connectivity index (χ1) is 29.0. The minimum atomic E-state index is -0.430. The molecule has 0 saturated carbocycles. The minimum Gasteiger partial charge on any atom is -0.236 e. The van der Waals surface area contributed by atoms with Crippen LogP contribution in [-0.2, 0) is 17.3 Å². The van der Waals surface area contributed by atoms with E-state index in [-0.39, 0.29) is 11.3 Å². The molecule has 1 aromatic heterocycles. The fraction of sp³-hybridized carbons (Fsp3) is 0.123. The summed E-state index contributed by atoms with van der Waals surface area (Å²) in [6, 6.07) is 65.8. The molecule has 278 valence electrons. The highest BCUT2D eigenvalue weighted by atomic mass is 14.9. The first-order valence-electron chi connectivity index (χ1n) is 21.1. The fourth-order valence-electron chi connectivity index (χ4n) is 11.8. The van der Waals surface area contributed by atoms with Gasteiger partial charge in [-0.05, 0) is 108 Å². The van der Waals surface area contributed by atoms with Gasteiger partial charge in [-0.2, -0.15) is 0 Å². The molecule has 4 aliphatic rings. The summed E-state index contributed by atoms with van der Waals surface area (Å²) in [5, 5.41) is 2.57. The van der Waals surface area contributed by atoms with Gasteiger partial charge in [0.2, 0.25) is 0 Å². The number of aryl methyl sites for hydroxylation is 1. The lowest BCUT2D eigenvalue weighted by molar-refractivity contribution is 0.612. The van der Waals surface area contributed by atoms with Crippen molar-refractivity contribution in [1.29, 1.82) is 0 Å². The molecule has 0 bridgehead atoms. The second-order valence-corrected chi connectivity index (χ2v) is 17.5. The van der Waals surface area contributed by atoms with E-state index in [2.05, 4.69) is 190 Å². The average Bonchev–Trinajstić information content (AvgIpc) is 3.80. The molecule has 1 spiro atoms. The van der Waals surface area contributed by atoms with Gasteiger partial charge in [0.05, 0.1) is 16.8 Å². The Hall–Kier alpha value is -6.90. The predicted molar refractivity (Wildman–Crippen MR) is 241 cm³/mol. The van der Waals surface area contributed by atoms with Crippen molar-refractivity contribution in [2.45, 2.75) is 43.4 Å². The molecule has 4 aliphatic carbocycles. The Morgan fingerprint density at radius 2 is 0.966 bits per heavy atom. The van der Waals surface area contributed by atoms with Gasteiger partial charge < -0.3 is 0 Å². The van der Waals surface area contributed by atoms with Gasteiger partial charge in [-0.3, -0.25) is 0 Å². The molecule has 0 saturated heterocycles. The van der Waals surface area contributed by atoms with Crippen LogP contribution in [-0.4, -0.2) is 9.97 Å². The van der Waals surface area contributed by atoms with E-state index in [0.29, 0.717) is 0 Å². The van der Waals surface area contributed by atoms with Crippen LogP contribution >= 0.6 is 0 Å². The van der Waals surface area contributed by atoms with E-state index < -0.39 is 5.41 Å². The van der Waals surface area contributed by atoms with Crippen molar-refractivity contribution in [3.63, 3.8) is 0 Å². The highest BCUT2D eigenvalue weighted by Gasteiger charge is 2.52. The molecule has 59 heavy (non-hydrogen) atoms. The van der Waals surface area contributed by atoms with Crippen LogP contribution in [0.25, 0.3) is 66.5 Å². The van der Waals surface area contributed by atoms with E-state index in [1.54, 1.807) is 0 Å². The summed E-state index contributed by atoms with van der Waals surface area (Å²) in [7, 11) is 0. The number of benzene rings is 8. The van der Waals surface area contributed by atoms with Crippen LogP contribution in [0.15, 0.2) is 176 Å². The van der Waals surface area contributed by atoms with Crippen molar-refractivity contribution in [3.05, 3.63) is 226 Å². The van der Waals surface area contributed by atoms with E-state index in [1.165, 1.54) is 99.8 Å². The van der Waals surface area contributed by atoms with Crippen molar-refractivity contribution >= 4 is 10.8 Å². The van der Waals surface area contributed by atoms with Crippen molar-refractivity contribution in [2.75, 3.05) is 0 Å². The summed E-state index contributed by atoms with van der Waals surface area (Å²) < 4.78 is 0. The summed E-state index contributed by atoms with van der Waals surface area (Å²) in [6.07, 6.45) is 1.88. The lowest BCUT2D eigenvalue weighted by atomic mass is 9.70. The molecule has 1 unspecified atom stereocenters. The van der Waals surface area contributed by atoms with Crippen molar-refractivity contribution in [3.8, 4) is 55.8 Å². The van der Waals surface area contributed by atoms with E-state index in [1.807, 2.05) is 0 Å². The third-order valence-corrected chi connectivity index (χ3v) is 14.3. The number of fused-ring (bicyclic) bond motifs is 17. The molecule has 0 radical (unpaired) electrons. The Kier molecular flexibility index (Phi) is 6.64. The third kappa shape index (κ3) is 4.26. The lowest BCUT2D eigenvalue weighted by Crippen LogP contribution is -2.25. The minimum absolute atomic E-state index is 0.0225. The molecule has 0 aliphatic heterocycles. The SMILES string of the molecule is CC1(C)c2ccccc2-c2c(-c3cccc4c3-c3ccccc3C43c4ccccc4-c4ccccc43)nc(C3CCc4cc5ccccc5cc4-c4ccccc43)nc21. The molecule has 8 aromatic carbocycles. The molecule has 2 heteroatoms. The van der Waals surface area contributed by atoms with Gasteiger partial charge in [-0.1, -0.05) is 184 Å². The zero-order chi connectivity index (χ0) is 39.0. The zero-order valence-corrected chi connectivity index (χ0v) is 33.1. The topological polar surface area (TPSA) is 25.8 Å². The predicted octanol–water partition coefficient (Wildman–Crippen LogP) is 13.7. The van der Waals surface area contributed by atoms with E-state index in [4.69, 9.17) is 9.97 Å². The lowest BCUT2D eigenvalue weighted by Gasteiger charge is -2.30. The molecular formula is C57H40N2. The molecular weight excluding hydrogens is 713 g/mol. The van der Waals surface area contributed by atoms with Gasteiger partial charge in [0.25, 0.3) is 0 Å². The second-order valence-electron chi connectivity index (χ2n) is 17.5. The number of nitrogens with zero attached hydrogens (tertiary/aromatic N) is 2. The fourth-order valence-corrected chi connectivity index (χ4v) is 11.8. The number of hydrogen-bond acceptors (Lipinski definition) is 2. The van der Waals surface area contributed by atoms with Crippen LogP contribution in [0.5, 0.6) is 0 Å². The Bertz CT molecular complexity index is 3230. The van der Waals surface area contributed by atoms with Gasteiger partial charge in [0.1, 0.15) is 5.82 Å². The van der Waals surface area contributed by atoms with Crippen LogP contribution in [0.4, 0.5) is 0 Å². The van der Waals surface area contributed by atoms with Crippen molar-refractivity contribution in [1.82, 2.24) is 9.97 Å². The Morgan fingerprint density at radius 1 is 0.441 bits per heavy atom. The summed E-state index contributed by atoms with van der Waals surface area (Å²) >= 11 is 0. The van der Waals surface area contributed by atoms with E-state index >= 15 is 0 Å². The summed E-state index contributed by atoms with van der Waals surface area (Å²) in [6.45, 7) is 4.71. The molecule has 1 heterocycles. The summed E-state index contributed by atoms with van der Waals surface area (Å²) in [5.74, 6) is 0.939. The largest absolute Gasteiger partial charge is 0.236 e. The Labute approximate surface area is 344 Å². The highest BCUT2D eigenvalue weighted by Crippen LogP contribution is 2.64. The van der Waals surface area contributed by atoms with Crippen LogP contribution < -0.4 is 0 Å². The zero-order valence-electron chi connectivity index (χ0n) is 33.1. The first-order valence-corrected chi connectivity index (χ1v) is 21.1. The molecule has 2 nitrogen and oxygen atoms in total. The number of aromatic nitrogens is 2. The Balaban J connectivity index is 1.10. The van der Waals surface area contributed by atoms with Gasteiger partial charge >= 0.3 is 0 Å². The average molecular weight is 753 g/mol. The van der Waals surface area contributed by atoms with Crippen molar-refractivity contribution < 1.29 is 0 Å². The first kappa shape index (κ1) is 33.1. The molecule has 9 aromatic rings. The van der Waals surface area contributed by atoms with Crippen LogP contribution in [0.3, 0.4) is 0 Å². The van der Waals surface area contributed by atoms with Crippen LogP contribution in [0.1, 0.15) is 76.6 Å². The van der Waals surface area contributed by atoms with E-state index in [0.717, 1.165) is 30.1 Å². The Morgan fingerprint density at radius 3 is 1.68 bits per heavy atom. The molecule has 0 N–H and O–H groups in total. The quantitative estimate of drug-likeness (QED) is 0.176. The van der Waals surface area contributed by atoms with E-state index in [9.17, 15) is 0 Å². The summed E-state index contributed by atoms with van der Waals surface area (Å²) in [4.78, 5) is 11.7. The maximum atomic E-state index is 5.90. The number of rotatable bonds is 2. The number of hydrogen-bond donors (Lipinski definition) is 0. The second kappa shape index (κ2) is 11.8. The summed E-state index contributed by atoms with van der Waals surface area (Å²) in [5.41, 5.74) is 22.2. The smallest absolute Gasteiger partial charge is 0.136 e. The maximum absolute atomic E-state index is 5.90. The molecule has 13 rings (SSSR count). The highest BCUT2D eigenvalue weighted by molar-refractivity contribution is 6.02. The standard InChI is InChI=1S/C57H40N2/c1-56(2)46-25-11-9-22-42(46)52-53(58-55(59-54(52)56)41-31-30-36-32-34-16-3-4-17-35(34)33-45(36)38-19-6-5-18-37(38)41)44-24-15-29-50-51(44)43-23-10-14-28-49(43)57(50)47-26-12-7-20-39(47)40-21-8-13-27-48(40)57/h3-29,32-33,41H,30-31H2,1-2H3. The van der Waals surface area contributed by atoms with Crippen LogP contribution in [0.2, 0.25) is 0 Å². The van der Waals surface area contributed by atoms with Gasteiger partial charge in [-0.15, -0.1) is 0 Å². The van der Waals surface area contributed by atoms with Gasteiger partial charge in [0.15, 0.2) is 0 Å². The van der Waals surface area contributed by atoms with Gasteiger partial charge in [-0.25, -0.2) is 9.97 Å². The van der Waals surface area contributed by atoms with Crippen molar-refractivity contribution in [2.24, 2.45) is 0 Å². The molecule has 0 fully saturated rings. The third-order valence-electron chi connectivity index (χ3n) is 14.3. The van der Waals surface area contributed by atoms with Crippen LogP contribution in [0, 0.1) is 0 Å². The molecule has 0 amide bonds. The molecule has 1 atom stereocenters. The maximum Gasteiger partial charge on any atom is 0.136 e. The monoisotopic (exact) mass is 752 g/mol. The van der Waals surface area contributed by atoms with Gasteiger partial charge in [0, 0.05) is 22.5 Å². The normalized spacial score (nSPS) is 16.6.